The molecule has 21 heavy (non-hydrogen) atoms. The molecule has 1 atom stereocenters. The number of hydrogen-bond donors (Lipinski definition) is 2. The van der Waals surface area contributed by atoms with E-state index in [0.717, 1.165) is 12.8 Å². The fourth-order valence-electron chi connectivity index (χ4n) is 2.01. The van der Waals surface area contributed by atoms with Gasteiger partial charge in [-0.15, -0.1) is 0 Å². The van der Waals surface area contributed by atoms with Gasteiger partial charge < -0.3 is 24.8 Å². The normalized spacial score (nSPS) is 21.3. The number of nitrogens with zero attached hydrogens (tertiary/aromatic N) is 3. The second-order valence-electron chi connectivity index (χ2n) is 4.91. The molecule has 1 saturated heterocycles. The maximum Gasteiger partial charge on any atom is 0.323 e. The third kappa shape index (κ3) is 4.15. The van der Waals surface area contributed by atoms with Crippen LogP contribution in [0.3, 0.4) is 0 Å². The molecule has 1 unspecified atom stereocenters. The summed E-state index contributed by atoms with van der Waals surface area (Å²) < 4.78 is 16.4. The summed E-state index contributed by atoms with van der Waals surface area (Å²) in [6.07, 6.45) is 1.74. The number of anilines is 2. The Bertz CT molecular complexity index is 451. The lowest BCUT2D eigenvalue weighted by molar-refractivity contribution is -0.00632. The van der Waals surface area contributed by atoms with E-state index < -0.39 is 0 Å². The van der Waals surface area contributed by atoms with Crippen LogP contribution in [0.25, 0.3) is 0 Å². The average molecular weight is 297 g/mol. The standard InChI is InChI=1S/C13H23N5O3/c1-4-6-21-12-17-10(14-2)16-11(18-12)15-8-13(19-3)5-7-20-9-13/h4-9H2,1-3H3,(H2,14,15,16,17,18). The molecule has 0 bridgehead atoms. The van der Waals surface area contributed by atoms with Crippen LogP contribution in [-0.2, 0) is 9.47 Å². The van der Waals surface area contributed by atoms with E-state index >= 15 is 0 Å². The third-order valence-electron chi connectivity index (χ3n) is 3.34. The summed E-state index contributed by atoms with van der Waals surface area (Å²) >= 11 is 0. The Morgan fingerprint density at radius 1 is 1.29 bits per heavy atom. The van der Waals surface area contributed by atoms with Crippen LogP contribution in [0, 0.1) is 0 Å². The Balaban J connectivity index is 2.04. The highest BCUT2D eigenvalue weighted by Gasteiger charge is 2.35. The zero-order valence-corrected chi connectivity index (χ0v) is 12.8. The first-order chi connectivity index (χ1) is 10.2. The number of hydrogen-bond acceptors (Lipinski definition) is 8. The van der Waals surface area contributed by atoms with Gasteiger partial charge in [0, 0.05) is 33.7 Å². The van der Waals surface area contributed by atoms with Crippen molar-refractivity contribution in [2.75, 3.05) is 51.2 Å². The van der Waals surface area contributed by atoms with Crippen molar-refractivity contribution in [3.8, 4) is 6.01 Å². The molecule has 0 saturated carbocycles. The molecule has 1 aliphatic rings. The summed E-state index contributed by atoms with van der Waals surface area (Å²) in [7, 11) is 3.45. The van der Waals surface area contributed by atoms with E-state index in [1.165, 1.54) is 0 Å². The highest BCUT2D eigenvalue weighted by molar-refractivity contribution is 5.35. The van der Waals surface area contributed by atoms with Gasteiger partial charge in [0.1, 0.15) is 5.60 Å². The number of rotatable bonds is 8. The summed E-state index contributed by atoms with van der Waals surface area (Å²) in [6.45, 7) is 4.45. The molecule has 0 spiro atoms. The van der Waals surface area contributed by atoms with Gasteiger partial charge in [-0.3, -0.25) is 0 Å². The first-order valence-electron chi connectivity index (χ1n) is 7.15. The summed E-state index contributed by atoms with van der Waals surface area (Å²) in [5.74, 6) is 0.927. The Hall–Kier alpha value is -1.67. The minimum absolute atomic E-state index is 0.313. The lowest BCUT2D eigenvalue weighted by Gasteiger charge is -2.25. The minimum Gasteiger partial charge on any atom is -0.463 e. The Kier molecular flexibility index (Phi) is 5.51. The molecule has 8 nitrogen and oxygen atoms in total. The smallest absolute Gasteiger partial charge is 0.323 e. The van der Waals surface area contributed by atoms with Crippen LogP contribution in [0.1, 0.15) is 19.8 Å². The number of ether oxygens (including phenoxy) is 3. The van der Waals surface area contributed by atoms with E-state index in [1.807, 2.05) is 6.92 Å². The van der Waals surface area contributed by atoms with Crippen molar-refractivity contribution in [3.05, 3.63) is 0 Å². The first-order valence-corrected chi connectivity index (χ1v) is 7.15. The van der Waals surface area contributed by atoms with E-state index in [9.17, 15) is 0 Å². The molecule has 2 rings (SSSR count). The van der Waals surface area contributed by atoms with Gasteiger partial charge in [-0.1, -0.05) is 6.92 Å². The van der Waals surface area contributed by atoms with Crippen molar-refractivity contribution in [1.82, 2.24) is 15.0 Å². The van der Waals surface area contributed by atoms with Gasteiger partial charge in [-0.25, -0.2) is 0 Å². The molecule has 8 heteroatoms. The first kappa shape index (κ1) is 15.7. The number of nitrogens with one attached hydrogen (secondary N) is 2. The predicted octanol–water partition coefficient (Wildman–Crippen LogP) is 0.919. The lowest BCUT2D eigenvalue weighted by Crippen LogP contribution is -2.40. The van der Waals surface area contributed by atoms with Gasteiger partial charge >= 0.3 is 6.01 Å². The maximum atomic E-state index is 5.57. The minimum atomic E-state index is -0.323. The second kappa shape index (κ2) is 7.37. The largest absolute Gasteiger partial charge is 0.463 e. The van der Waals surface area contributed by atoms with Crippen LogP contribution < -0.4 is 15.4 Å². The fraction of sp³-hybridized carbons (Fsp3) is 0.769. The molecule has 2 N–H and O–H groups in total. The van der Waals surface area contributed by atoms with Crippen LogP contribution in [0.2, 0.25) is 0 Å². The van der Waals surface area contributed by atoms with Gasteiger partial charge in [0.05, 0.1) is 13.2 Å². The van der Waals surface area contributed by atoms with Crippen LogP contribution in [0.5, 0.6) is 6.01 Å². The summed E-state index contributed by atoms with van der Waals surface area (Å²) in [6, 6.07) is 0.313. The van der Waals surface area contributed by atoms with Gasteiger partial charge in [0.2, 0.25) is 11.9 Å². The quantitative estimate of drug-likeness (QED) is 0.732. The Morgan fingerprint density at radius 2 is 2.10 bits per heavy atom. The Morgan fingerprint density at radius 3 is 2.71 bits per heavy atom. The Labute approximate surface area is 124 Å². The lowest BCUT2D eigenvalue weighted by atomic mass is 10.0. The maximum absolute atomic E-state index is 5.57. The van der Waals surface area contributed by atoms with Crippen molar-refractivity contribution in [3.63, 3.8) is 0 Å². The van der Waals surface area contributed by atoms with E-state index in [1.54, 1.807) is 14.2 Å². The van der Waals surface area contributed by atoms with Crippen molar-refractivity contribution in [2.45, 2.75) is 25.4 Å². The number of methoxy groups -OCH3 is 1. The summed E-state index contributed by atoms with van der Waals surface area (Å²) in [5.41, 5.74) is -0.323. The SMILES string of the molecule is CCCOc1nc(NC)nc(NCC2(OC)CCOC2)n1. The van der Waals surface area contributed by atoms with Gasteiger partial charge in [-0.05, 0) is 6.42 Å². The van der Waals surface area contributed by atoms with E-state index in [2.05, 4.69) is 25.6 Å². The summed E-state index contributed by atoms with van der Waals surface area (Å²) in [4.78, 5) is 12.7. The van der Waals surface area contributed by atoms with Gasteiger partial charge in [0.25, 0.3) is 0 Å². The van der Waals surface area contributed by atoms with Gasteiger partial charge in [0.15, 0.2) is 0 Å². The van der Waals surface area contributed by atoms with E-state index in [4.69, 9.17) is 14.2 Å². The zero-order valence-electron chi connectivity index (χ0n) is 12.8. The molecular formula is C13H23N5O3. The van der Waals surface area contributed by atoms with Gasteiger partial charge in [-0.2, -0.15) is 15.0 Å². The molecule has 1 aliphatic heterocycles. The predicted molar refractivity (Wildman–Crippen MR) is 78.8 cm³/mol. The van der Waals surface area contributed by atoms with Crippen LogP contribution in [0.15, 0.2) is 0 Å². The van der Waals surface area contributed by atoms with Crippen molar-refractivity contribution >= 4 is 11.9 Å². The van der Waals surface area contributed by atoms with Crippen molar-refractivity contribution in [2.24, 2.45) is 0 Å². The van der Waals surface area contributed by atoms with Crippen LogP contribution in [0.4, 0.5) is 11.9 Å². The number of aromatic nitrogens is 3. The molecule has 1 aromatic heterocycles. The molecule has 2 heterocycles. The molecular weight excluding hydrogens is 274 g/mol. The molecule has 0 aliphatic carbocycles. The second-order valence-corrected chi connectivity index (χ2v) is 4.91. The van der Waals surface area contributed by atoms with E-state index in [0.29, 0.717) is 44.3 Å². The van der Waals surface area contributed by atoms with Crippen molar-refractivity contribution < 1.29 is 14.2 Å². The highest BCUT2D eigenvalue weighted by atomic mass is 16.5. The molecule has 1 fully saturated rings. The molecule has 0 radical (unpaired) electrons. The van der Waals surface area contributed by atoms with Crippen molar-refractivity contribution in [1.29, 1.82) is 0 Å². The van der Waals surface area contributed by atoms with Crippen LogP contribution in [-0.4, -0.2) is 61.1 Å². The molecule has 1 aromatic rings. The summed E-state index contributed by atoms with van der Waals surface area (Å²) in [5, 5.41) is 6.08. The molecule has 0 amide bonds. The fourth-order valence-corrected chi connectivity index (χ4v) is 2.01. The van der Waals surface area contributed by atoms with Crippen LogP contribution >= 0.6 is 0 Å². The topological polar surface area (TPSA) is 90.4 Å². The highest BCUT2D eigenvalue weighted by Crippen LogP contribution is 2.23. The van der Waals surface area contributed by atoms with E-state index in [-0.39, 0.29) is 5.60 Å². The monoisotopic (exact) mass is 297 g/mol. The molecule has 0 aromatic carbocycles. The molecule has 118 valence electrons. The third-order valence-corrected chi connectivity index (χ3v) is 3.34. The average Bonchev–Trinajstić information content (AvgIpc) is 3.00. The zero-order chi connectivity index (χ0) is 15.1.